The van der Waals surface area contributed by atoms with Crippen molar-refractivity contribution in [3.63, 3.8) is 0 Å². The molecule has 8 heteroatoms. The van der Waals surface area contributed by atoms with Gasteiger partial charge in [0.25, 0.3) is 0 Å². The van der Waals surface area contributed by atoms with Gasteiger partial charge in [-0.3, -0.25) is 4.79 Å². The highest BCUT2D eigenvalue weighted by atomic mass is 35.5. The first kappa shape index (κ1) is 23.6. The van der Waals surface area contributed by atoms with Crippen LogP contribution in [0, 0.1) is 0 Å². The number of methoxy groups -OCH3 is 1. The fourth-order valence-electron chi connectivity index (χ4n) is 4.53. The number of hydrogen-bond donors (Lipinski definition) is 1. The average Bonchev–Trinajstić information content (AvgIpc) is 3.52. The number of carbonyl (C=O) groups excluding carboxylic acids is 2. The Bertz CT molecular complexity index is 976. The number of carbonyl (C=O) groups is 2. The molecule has 7 nitrogen and oxygen atoms in total. The van der Waals surface area contributed by atoms with Gasteiger partial charge >= 0.3 is 6.09 Å². The standard InChI is InChI=1S/C25H31ClN2O5/c1-15-6-4-5-7-17-13-18(32-25(30)27-17)14-21-20(33-21)8-9-23(29)28(2)19-11-16(10-15)12-22(31-3)24(19)26/h4-6,11-12,17-18,20-21H,7-10,13-14H2,1-3H3,(H,27,30)/b5-4+,15-6+/t17?,18?,20-,21-/m0/s1. The lowest BCUT2D eigenvalue weighted by Gasteiger charge is -2.29. The SMILES string of the molecule is COc1cc2cc(c1Cl)N(C)C(=O)CC[C@@H]1O[C@H]1CC1CC(C/C=C/C=C(\C)C2)NC(=O)O1. The number of nitrogens with one attached hydrogen (secondary N) is 1. The highest BCUT2D eigenvalue weighted by Crippen LogP contribution is 2.38. The fraction of sp³-hybridized carbons (Fsp3) is 0.520. The second kappa shape index (κ2) is 10.2. The molecule has 2 saturated heterocycles. The largest absolute Gasteiger partial charge is 0.495 e. The summed E-state index contributed by atoms with van der Waals surface area (Å²) in [6.45, 7) is 2.06. The Morgan fingerprint density at radius 3 is 2.82 bits per heavy atom. The molecule has 4 atom stereocenters. The number of benzene rings is 1. The van der Waals surface area contributed by atoms with Gasteiger partial charge < -0.3 is 24.4 Å². The van der Waals surface area contributed by atoms with E-state index in [4.69, 9.17) is 25.8 Å². The van der Waals surface area contributed by atoms with E-state index >= 15 is 0 Å². The van der Waals surface area contributed by atoms with E-state index < -0.39 is 0 Å². The number of halogens is 1. The number of alkyl carbamates (subject to hydrolysis) is 1. The topological polar surface area (TPSA) is 80.4 Å². The third-order valence-corrected chi connectivity index (χ3v) is 6.80. The van der Waals surface area contributed by atoms with Crippen molar-refractivity contribution in [3.05, 3.63) is 46.5 Å². The Hall–Kier alpha value is -2.51. The third-order valence-electron chi connectivity index (χ3n) is 6.42. The maximum absolute atomic E-state index is 12.9. The second-order valence-electron chi connectivity index (χ2n) is 9.03. The van der Waals surface area contributed by atoms with Crippen molar-refractivity contribution in [2.75, 3.05) is 19.1 Å². The lowest BCUT2D eigenvalue weighted by molar-refractivity contribution is -0.118. The summed E-state index contributed by atoms with van der Waals surface area (Å²) in [7, 11) is 3.31. The Balaban J connectivity index is 1.58. The summed E-state index contributed by atoms with van der Waals surface area (Å²) in [5, 5.41) is 3.32. The first-order valence-electron chi connectivity index (χ1n) is 11.4. The van der Waals surface area contributed by atoms with Crippen LogP contribution in [0.15, 0.2) is 35.9 Å². The molecule has 4 bridgehead atoms. The van der Waals surface area contributed by atoms with Crippen molar-refractivity contribution < 1.29 is 23.8 Å². The lowest BCUT2D eigenvalue weighted by atomic mass is 9.99. The second-order valence-corrected chi connectivity index (χ2v) is 9.41. The van der Waals surface area contributed by atoms with Gasteiger partial charge in [0, 0.05) is 32.4 Å². The molecule has 1 aromatic carbocycles. The molecule has 0 aromatic heterocycles. The van der Waals surface area contributed by atoms with E-state index in [2.05, 4.69) is 24.4 Å². The van der Waals surface area contributed by atoms with E-state index in [1.807, 2.05) is 18.2 Å². The molecule has 0 spiro atoms. The predicted octanol–water partition coefficient (Wildman–Crippen LogP) is 4.56. The van der Waals surface area contributed by atoms with Crippen LogP contribution in [0.25, 0.3) is 0 Å². The number of amides is 2. The number of allylic oxidation sites excluding steroid dienone is 3. The summed E-state index contributed by atoms with van der Waals surface area (Å²) in [4.78, 5) is 26.5. The highest BCUT2D eigenvalue weighted by molar-refractivity contribution is 6.35. The number of epoxide rings is 1. The Morgan fingerprint density at radius 2 is 2.03 bits per heavy atom. The van der Waals surface area contributed by atoms with E-state index in [0.29, 0.717) is 42.1 Å². The monoisotopic (exact) mass is 474 g/mol. The maximum atomic E-state index is 12.9. The van der Waals surface area contributed by atoms with Crippen LogP contribution in [0.1, 0.15) is 44.6 Å². The summed E-state index contributed by atoms with van der Waals surface area (Å²) in [5.41, 5.74) is 2.80. The molecule has 2 amide bonds. The molecule has 33 heavy (non-hydrogen) atoms. The maximum Gasteiger partial charge on any atom is 0.407 e. The molecule has 4 rings (SSSR count). The Morgan fingerprint density at radius 1 is 1.21 bits per heavy atom. The molecule has 1 N–H and O–H groups in total. The lowest BCUT2D eigenvalue weighted by Crippen LogP contribution is -2.45. The average molecular weight is 475 g/mol. The van der Waals surface area contributed by atoms with Gasteiger partial charge in [-0.05, 0) is 43.9 Å². The van der Waals surface area contributed by atoms with Gasteiger partial charge in [-0.1, -0.05) is 35.4 Å². The van der Waals surface area contributed by atoms with Crippen LogP contribution in [-0.2, 0) is 20.7 Å². The van der Waals surface area contributed by atoms with E-state index in [1.165, 1.54) is 0 Å². The summed E-state index contributed by atoms with van der Waals surface area (Å²) < 4.78 is 16.7. The summed E-state index contributed by atoms with van der Waals surface area (Å²) in [5.74, 6) is 0.512. The number of hydrogen-bond acceptors (Lipinski definition) is 5. The van der Waals surface area contributed by atoms with Gasteiger partial charge in [-0.25, -0.2) is 4.79 Å². The third kappa shape index (κ3) is 5.89. The summed E-state index contributed by atoms with van der Waals surface area (Å²) in [6, 6.07) is 3.90. The number of fused-ring (bicyclic) bond motifs is 5. The molecule has 3 heterocycles. The van der Waals surface area contributed by atoms with Crippen LogP contribution < -0.4 is 15.0 Å². The first-order chi connectivity index (χ1) is 15.8. The zero-order chi connectivity index (χ0) is 23.5. The van der Waals surface area contributed by atoms with Crippen LogP contribution in [0.3, 0.4) is 0 Å². The summed E-state index contributed by atoms with van der Waals surface area (Å²) in [6.07, 6.45) is 9.45. The molecule has 2 unspecified atom stereocenters. The fourth-order valence-corrected chi connectivity index (χ4v) is 4.85. The van der Waals surface area contributed by atoms with Gasteiger partial charge in [-0.15, -0.1) is 0 Å². The first-order valence-corrected chi connectivity index (χ1v) is 11.8. The molecule has 1 aromatic rings. The zero-order valence-electron chi connectivity index (χ0n) is 19.3. The van der Waals surface area contributed by atoms with Crippen LogP contribution in [0.5, 0.6) is 5.75 Å². The van der Waals surface area contributed by atoms with Crippen molar-refractivity contribution in [2.24, 2.45) is 0 Å². The molecule has 2 fully saturated rings. The molecule has 178 valence electrons. The highest BCUT2D eigenvalue weighted by Gasteiger charge is 2.42. The van der Waals surface area contributed by atoms with Gasteiger partial charge in [0.2, 0.25) is 5.91 Å². The normalized spacial score (nSPS) is 30.9. The molecule has 0 aliphatic carbocycles. The minimum absolute atomic E-state index is 0.0135. The quantitative estimate of drug-likeness (QED) is 0.603. The van der Waals surface area contributed by atoms with Crippen molar-refractivity contribution >= 4 is 29.3 Å². The number of nitrogens with zero attached hydrogens (tertiary/aromatic N) is 1. The van der Waals surface area contributed by atoms with Crippen LogP contribution >= 0.6 is 11.6 Å². The minimum Gasteiger partial charge on any atom is -0.495 e. The summed E-state index contributed by atoms with van der Waals surface area (Å²) >= 11 is 6.55. The van der Waals surface area contributed by atoms with Crippen molar-refractivity contribution in [2.45, 2.75) is 69.8 Å². The molecule has 0 radical (unpaired) electrons. The Kier molecular flexibility index (Phi) is 7.29. The molecular formula is C25H31ClN2O5. The smallest absolute Gasteiger partial charge is 0.407 e. The van der Waals surface area contributed by atoms with Crippen LogP contribution in [-0.4, -0.2) is 50.5 Å². The van der Waals surface area contributed by atoms with Gasteiger partial charge in [0.1, 0.15) is 16.9 Å². The van der Waals surface area contributed by atoms with E-state index in [0.717, 1.165) is 24.0 Å². The predicted molar refractivity (Wildman–Crippen MR) is 127 cm³/mol. The molecular weight excluding hydrogens is 444 g/mol. The molecule has 3 aliphatic rings. The number of rotatable bonds is 1. The van der Waals surface area contributed by atoms with Gasteiger partial charge in [-0.2, -0.15) is 0 Å². The van der Waals surface area contributed by atoms with E-state index in [9.17, 15) is 9.59 Å². The van der Waals surface area contributed by atoms with Crippen LogP contribution in [0.4, 0.5) is 10.5 Å². The van der Waals surface area contributed by atoms with E-state index in [-0.39, 0.29) is 36.4 Å². The molecule has 3 aliphatic heterocycles. The van der Waals surface area contributed by atoms with Crippen molar-refractivity contribution in [1.29, 1.82) is 0 Å². The van der Waals surface area contributed by atoms with Crippen molar-refractivity contribution in [3.8, 4) is 5.75 Å². The zero-order valence-corrected chi connectivity index (χ0v) is 20.1. The number of anilines is 1. The van der Waals surface area contributed by atoms with Gasteiger partial charge in [0.05, 0.1) is 25.0 Å². The van der Waals surface area contributed by atoms with E-state index in [1.54, 1.807) is 19.1 Å². The Labute approximate surface area is 199 Å². The van der Waals surface area contributed by atoms with Crippen molar-refractivity contribution in [1.82, 2.24) is 5.32 Å². The number of ether oxygens (including phenoxy) is 3. The molecule has 0 saturated carbocycles. The van der Waals surface area contributed by atoms with Crippen LogP contribution in [0.2, 0.25) is 5.02 Å². The minimum atomic E-state index is -0.374. The van der Waals surface area contributed by atoms with Gasteiger partial charge in [0.15, 0.2) is 0 Å².